The number of pyridine rings is 2. The number of hydrogen-bond acceptors (Lipinski definition) is 5. The molecule has 2 aromatic heterocycles. The van der Waals surface area contributed by atoms with Crippen molar-refractivity contribution in [3.63, 3.8) is 0 Å². The molecule has 2 N–H and O–H groups in total. The van der Waals surface area contributed by atoms with Gasteiger partial charge in [-0.1, -0.05) is 27.7 Å². The molecule has 130 valence electrons. The third-order valence-corrected chi connectivity index (χ3v) is 2.32. The van der Waals surface area contributed by atoms with Gasteiger partial charge in [0.2, 0.25) is 0 Å². The highest BCUT2D eigenvalue weighted by atomic mass is 16.5. The number of nitrogens with two attached hydrogens (primary N) is 1. The van der Waals surface area contributed by atoms with Crippen molar-refractivity contribution in [3.05, 3.63) is 41.9 Å². The van der Waals surface area contributed by atoms with Crippen molar-refractivity contribution in [2.24, 2.45) is 0 Å². The van der Waals surface area contributed by atoms with E-state index in [1.807, 2.05) is 53.7 Å². The first-order valence-electron chi connectivity index (χ1n) is 7.78. The summed E-state index contributed by atoms with van der Waals surface area (Å²) in [6.45, 7) is 11.9. The molecule has 23 heavy (non-hydrogen) atoms. The maximum atomic E-state index is 5.46. The number of rotatable bonds is 2. The SMILES string of the molecule is CC.CC.COc1cc(C)cnc1N.COc1cncc(C)c1. The van der Waals surface area contributed by atoms with E-state index in [-0.39, 0.29) is 0 Å². The standard InChI is InChI=1S/C7H10N2O.C7H9NO.2C2H6/c1-5-3-6(10-2)7(8)9-4-5;1-6-3-7(9-2)5-8-4-6;2*1-2/h3-4H,1-2H3,(H2,8,9);3-5H,1-2H3;2*1-2H3. The van der Waals surface area contributed by atoms with Crippen molar-refractivity contribution in [2.75, 3.05) is 20.0 Å². The van der Waals surface area contributed by atoms with E-state index in [0.717, 1.165) is 16.9 Å². The molecular weight excluding hydrogens is 290 g/mol. The number of aromatic nitrogens is 2. The Hall–Kier alpha value is -2.30. The average Bonchev–Trinajstić information content (AvgIpc) is 2.61. The minimum Gasteiger partial charge on any atom is -0.495 e. The molecule has 0 amide bonds. The van der Waals surface area contributed by atoms with E-state index >= 15 is 0 Å². The van der Waals surface area contributed by atoms with Gasteiger partial charge in [-0.25, -0.2) is 4.98 Å². The summed E-state index contributed by atoms with van der Waals surface area (Å²) in [5.74, 6) is 1.89. The zero-order chi connectivity index (χ0) is 18.3. The quantitative estimate of drug-likeness (QED) is 0.886. The number of nitrogens with zero attached hydrogens (tertiary/aromatic N) is 2. The van der Waals surface area contributed by atoms with Gasteiger partial charge in [0.15, 0.2) is 11.6 Å². The predicted octanol–water partition coefficient (Wildman–Crippen LogP) is 4.43. The molecule has 5 heteroatoms. The van der Waals surface area contributed by atoms with Crippen LogP contribution in [0.15, 0.2) is 30.7 Å². The largest absolute Gasteiger partial charge is 0.495 e. The van der Waals surface area contributed by atoms with E-state index < -0.39 is 0 Å². The van der Waals surface area contributed by atoms with Gasteiger partial charge in [-0.05, 0) is 37.1 Å². The summed E-state index contributed by atoms with van der Waals surface area (Å²) in [5.41, 5.74) is 7.63. The van der Waals surface area contributed by atoms with Crippen LogP contribution in [0.5, 0.6) is 11.5 Å². The highest BCUT2D eigenvalue weighted by Gasteiger charge is 1.97. The lowest BCUT2D eigenvalue weighted by Crippen LogP contribution is -1.95. The van der Waals surface area contributed by atoms with Crippen LogP contribution in [0, 0.1) is 13.8 Å². The molecule has 0 aromatic carbocycles. The third-order valence-electron chi connectivity index (χ3n) is 2.32. The zero-order valence-electron chi connectivity index (χ0n) is 15.7. The van der Waals surface area contributed by atoms with Gasteiger partial charge in [-0.2, -0.15) is 0 Å². The van der Waals surface area contributed by atoms with Crippen LogP contribution in [0.2, 0.25) is 0 Å². The topological polar surface area (TPSA) is 70.3 Å². The molecule has 0 aliphatic carbocycles. The van der Waals surface area contributed by atoms with Crippen molar-refractivity contribution in [2.45, 2.75) is 41.5 Å². The lowest BCUT2D eigenvalue weighted by atomic mass is 10.3. The highest BCUT2D eigenvalue weighted by Crippen LogP contribution is 2.17. The van der Waals surface area contributed by atoms with Crippen LogP contribution < -0.4 is 15.2 Å². The van der Waals surface area contributed by atoms with Gasteiger partial charge in [0.25, 0.3) is 0 Å². The molecule has 0 bridgehead atoms. The van der Waals surface area contributed by atoms with Crippen LogP contribution in [0.4, 0.5) is 5.82 Å². The number of aryl methyl sites for hydroxylation is 2. The lowest BCUT2D eigenvalue weighted by Gasteiger charge is -2.02. The van der Waals surface area contributed by atoms with Crippen LogP contribution in [0.25, 0.3) is 0 Å². The van der Waals surface area contributed by atoms with Crippen molar-refractivity contribution < 1.29 is 9.47 Å². The molecule has 0 unspecified atom stereocenters. The average molecular weight is 321 g/mol. The normalized spacial score (nSPS) is 8.17. The number of methoxy groups -OCH3 is 2. The minimum atomic E-state index is 0.438. The zero-order valence-corrected chi connectivity index (χ0v) is 15.7. The molecular formula is C18H31N3O2. The van der Waals surface area contributed by atoms with E-state index in [2.05, 4.69) is 9.97 Å². The van der Waals surface area contributed by atoms with E-state index in [1.165, 1.54) is 0 Å². The molecule has 0 radical (unpaired) electrons. The first-order chi connectivity index (χ1) is 11.1. The number of hydrogen-bond donors (Lipinski definition) is 1. The Morgan fingerprint density at radius 3 is 1.78 bits per heavy atom. The number of nitrogen functional groups attached to an aromatic ring is 1. The first kappa shape index (κ1) is 23.0. The van der Waals surface area contributed by atoms with Gasteiger partial charge in [0, 0.05) is 12.4 Å². The summed E-state index contributed by atoms with van der Waals surface area (Å²) in [5, 5.41) is 0. The molecule has 5 nitrogen and oxygen atoms in total. The van der Waals surface area contributed by atoms with Crippen LogP contribution in [0.1, 0.15) is 38.8 Å². The number of ether oxygens (including phenoxy) is 2. The van der Waals surface area contributed by atoms with Gasteiger partial charge in [-0.15, -0.1) is 0 Å². The van der Waals surface area contributed by atoms with Crippen molar-refractivity contribution in [1.29, 1.82) is 0 Å². The summed E-state index contributed by atoms with van der Waals surface area (Å²) in [6, 6.07) is 3.79. The van der Waals surface area contributed by atoms with Crippen molar-refractivity contribution in [3.8, 4) is 11.5 Å². The molecule has 0 aliphatic heterocycles. The van der Waals surface area contributed by atoms with E-state index in [9.17, 15) is 0 Å². The predicted molar refractivity (Wildman–Crippen MR) is 98.2 cm³/mol. The molecule has 2 aromatic rings. The Morgan fingerprint density at radius 2 is 1.39 bits per heavy atom. The van der Waals surface area contributed by atoms with Gasteiger partial charge < -0.3 is 15.2 Å². The molecule has 0 atom stereocenters. The Morgan fingerprint density at radius 1 is 0.826 bits per heavy atom. The van der Waals surface area contributed by atoms with E-state index in [1.54, 1.807) is 32.8 Å². The Kier molecular flexibility index (Phi) is 14.6. The third kappa shape index (κ3) is 10.1. The van der Waals surface area contributed by atoms with Gasteiger partial charge in [0.05, 0.1) is 20.4 Å². The summed E-state index contributed by atoms with van der Waals surface area (Å²) in [6.07, 6.45) is 5.19. The fraction of sp³-hybridized carbons (Fsp3) is 0.444. The van der Waals surface area contributed by atoms with Gasteiger partial charge in [-0.3, -0.25) is 4.98 Å². The van der Waals surface area contributed by atoms with Crippen LogP contribution in [0.3, 0.4) is 0 Å². The fourth-order valence-electron chi connectivity index (χ4n) is 1.36. The van der Waals surface area contributed by atoms with E-state index in [4.69, 9.17) is 15.2 Å². The molecule has 0 fully saturated rings. The lowest BCUT2D eigenvalue weighted by molar-refractivity contribution is 0.412. The van der Waals surface area contributed by atoms with E-state index in [0.29, 0.717) is 11.6 Å². The van der Waals surface area contributed by atoms with Crippen LogP contribution >= 0.6 is 0 Å². The van der Waals surface area contributed by atoms with Gasteiger partial charge >= 0.3 is 0 Å². The summed E-state index contributed by atoms with van der Waals surface area (Å²) < 4.78 is 9.87. The maximum absolute atomic E-state index is 5.46. The molecule has 0 spiro atoms. The fourth-order valence-corrected chi connectivity index (χ4v) is 1.36. The number of anilines is 1. The maximum Gasteiger partial charge on any atom is 0.166 e. The molecule has 0 saturated carbocycles. The van der Waals surface area contributed by atoms with Gasteiger partial charge in [0.1, 0.15) is 5.75 Å². The van der Waals surface area contributed by atoms with Crippen LogP contribution in [-0.2, 0) is 0 Å². The first-order valence-corrected chi connectivity index (χ1v) is 7.78. The summed E-state index contributed by atoms with van der Waals surface area (Å²) in [7, 11) is 3.21. The Balaban J connectivity index is 0. The summed E-state index contributed by atoms with van der Waals surface area (Å²) >= 11 is 0. The Labute approximate surface area is 140 Å². The highest BCUT2D eigenvalue weighted by molar-refractivity contribution is 5.46. The van der Waals surface area contributed by atoms with Crippen LogP contribution in [-0.4, -0.2) is 24.2 Å². The second-order valence-electron chi connectivity index (χ2n) is 4.00. The monoisotopic (exact) mass is 321 g/mol. The second kappa shape index (κ2) is 14.6. The molecule has 2 rings (SSSR count). The molecule has 0 aliphatic rings. The Bertz CT molecular complexity index is 531. The smallest absolute Gasteiger partial charge is 0.166 e. The molecule has 0 saturated heterocycles. The molecule has 2 heterocycles. The summed E-state index contributed by atoms with van der Waals surface area (Å²) in [4.78, 5) is 7.83. The second-order valence-corrected chi connectivity index (χ2v) is 4.00. The minimum absolute atomic E-state index is 0.438. The van der Waals surface area contributed by atoms with Crippen molar-refractivity contribution >= 4 is 5.82 Å². The van der Waals surface area contributed by atoms with Crippen molar-refractivity contribution in [1.82, 2.24) is 9.97 Å².